The van der Waals surface area contributed by atoms with Gasteiger partial charge in [-0.15, -0.1) is 0 Å². The molecule has 0 aliphatic heterocycles. The quantitative estimate of drug-likeness (QED) is 0.750. The number of hydrogen-bond acceptors (Lipinski definition) is 4. The number of fused-ring (bicyclic) bond motifs is 1. The van der Waals surface area contributed by atoms with Crippen molar-refractivity contribution in [2.24, 2.45) is 22.7 Å². The number of aliphatic hydroxyl groups excluding tert-OH is 1. The van der Waals surface area contributed by atoms with E-state index in [-0.39, 0.29) is 28.5 Å². The van der Waals surface area contributed by atoms with Crippen molar-refractivity contribution in [3.63, 3.8) is 0 Å². The number of carbonyl (C=O) groups excluding carboxylic acids is 2. The normalized spacial score (nSPS) is 37.1. The smallest absolute Gasteiger partial charge is 0.303 e. The number of esters is 1. The zero-order valence-electron chi connectivity index (χ0n) is 16.9. The molecule has 2 saturated carbocycles. The summed E-state index contributed by atoms with van der Waals surface area (Å²) in [5.74, 6) is -0.0738. The first-order chi connectivity index (χ1) is 11.4. The van der Waals surface area contributed by atoms with Gasteiger partial charge < -0.3 is 9.84 Å². The second-order valence-electron chi connectivity index (χ2n) is 9.54. The van der Waals surface area contributed by atoms with Crippen molar-refractivity contribution in [2.45, 2.75) is 98.2 Å². The Morgan fingerprint density at radius 3 is 2.52 bits per heavy atom. The standard InChI is InChI=1S/C21H36O4/c1-7-20(5,25-14(2)22)12-9-15-18(24)16(23)13-17-19(3,4)10-8-11-21(15,17)6/h15-17,23H,7-13H2,1-6H3/t15-,16+,17-,20-,21+/m0/s1. The van der Waals surface area contributed by atoms with E-state index < -0.39 is 11.7 Å². The Morgan fingerprint density at radius 2 is 1.96 bits per heavy atom. The first-order valence-electron chi connectivity index (χ1n) is 9.86. The van der Waals surface area contributed by atoms with Crippen LogP contribution < -0.4 is 0 Å². The molecule has 0 saturated heterocycles. The Balaban J connectivity index is 2.24. The molecule has 25 heavy (non-hydrogen) atoms. The fraction of sp³-hybridized carbons (Fsp3) is 0.905. The summed E-state index contributed by atoms with van der Waals surface area (Å²) >= 11 is 0. The van der Waals surface area contributed by atoms with Crippen LogP contribution in [-0.2, 0) is 14.3 Å². The highest BCUT2D eigenvalue weighted by atomic mass is 16.6. The van der Waals surface area contributed by atoms with Gasteiger partial charge >= 0.3 is 5.97 Å². The fourth-order valence-electron chi connectivity index (χ4n) is 5.64. The maximum Gasteiger partial charge on any atom is 0.303 e. The van der Waals surface area contributed by atoms with Gasteiger partial charge in [-0.25, -0.2) is 0 Å². The molecular formula is C21H36O4. The molecule has 0 radical (unpaired) electrons. The van der Waals surface area contributed by atoms with Crippen LogP contribution in [0.4, 0.5) is 0 Å². The van der Waals surface area contributed by atoms with Crippen LogP contribution in [0.25, 0.3) is 0 Å². The maximum absolute atomic E-state index is 12.9. The third-order valence-corrected chi connectivity index (χ3v) is 7.30. The van der Waals surface area contributed by atoms with Gasteiger partial charge in [0.15, 0.2) is 5.78 Å². The summed E-state index contributed by atoms with van der Waals surface area (Å²) in [5, 5.41) is 10.4. The van der Waals surface area contributed by atoms with Crippen LogP contribution in [0.3, 0.4) is 0 Å². The Hall–Kier alpha value is -0.900. The van der Waals surface area contributed by atoms with Crippen molar-refractivity contribution in [2.75, 3.05) is 0 Å². The topological polar surface area (TPSA) is 63.6 Å². The summed E-state index contributed by atoms with van der Waals surface area (Å²) in [4.78, 5) is 24.3. The molecule has 1 N–H and O–H groups in total. The molecule has 5 atom stereocenters. The second-order valence-corrected chi connectivity index (χ2v) is 9.54. The van der Waals surface area contributed by atoms with Crippen LogP contribution >= 0.6 is 0 Å². The zero-order valence-corrected chi connectivity index (χ0v) is 16.9. The predicted octanol–water partition coefficient (Wildman–Crippen LogP) is 4.28. The van der Waals surface area contributed by atoms with Crippen molar-refractivity contribution in [1.29, 1.82) is 0 Å². The number of rotatable bonds is 5. The molecule has 0 aromatic heterocycles. The minimum Gasteiger partial charge on any atom is -0.460 e. The molecule has 0 aromatic rings. The lowest BCUT2D eigenvalue weighted by Gasteiger charge is -2.57. The van der Waals surface area contributed by atoms with Crippen LogP contribution in [0.2, 0.25) is 0 Å². The molecule has 0 amide bonds. The third kappa shape index (κ3) is 3.94. The molecule has 0 bridgehead atoms. The molecule has 0 heterocycles. The molecule has 2 aliphatic rings. The van der Waals surface area contributed by atoms with Crippen LogP contribution in [0.5, 0.6) is 0 Å². The van der Waals surface area contributed by atoms with E-state index in [1.807, 2.05) is 13.8 Å². The van der Waals surface area contributed by atoms with E-state index in [0.29, 0.717) is 25.2 Å². The van der Waals surface area contributed by atoms with E-state index in [9.17, 15) is 14.7 Å². The molecule has 2 rings (SSSR count). The van der Waals surface area contributed by atoms with Crippen molar-refractivity contribution in [1.82, 2.24) is 0 Å². The largest absolute Gasteiger partial charge is 0.460 e. The van der Waals surface area contributed by atoms with E-state index in [1.165, 1.54) is 6.92 Å². The molecule has 4 heteroatoms. The van der Waals surface area contributed by atoms with E-state index in [0.717, 1.165) is 25.7 Å². The Bertz CT molecular complexity index is 526. The average Bonchev–Trinajstić information content (AvgIpc) is 2.49. The highest BCUT2D eigenvalue weighted by molar-refractivity contribution is 5.87. The number of carbonyl (C=O) groups is 2. The van der Waals surface area contributed by atoms with Gasteiger partial charge in [0.2, 0.25) is 0 Å². The Labute approximate surface area is 152 Å². The highest BCUT2D eigenvalue weighted by Gasteiger charge is 2.57. The van der Waals surface area contributed by atoms with Gasteiger partial charge in [-0.2, -0.15) is 0 Å². The van der Waals surface area contributed by atoms with E-state index >= 15 is 0 Å². The first-order valence-corrected chi connectivity index (χ1v) is 9.86. The molecule has 0 spiro atoms. The SMILES string of the molecule is CC[C@@](C)(CC[C@H]1C(=O)[C@H](O)C[C@H]2C(C)(C)CCC[C@]12C)OC(C)=O. The summed E-state index contributed by atoms with van der Waals surface area (Å²) in [6.07, 6.45) is 5.14. The first kappa shape index (κ1) is 20.4. The monoisotopic (exact) mass is 352 g/mol. The van der Waals surface area contributed by atoms with Crippen LogP contribution in [-0.4, -0.2) is 28.6 Å². The summed E-state index contributed by atoms with van der Waals surface area (Å²) < 4.78 is 5.54. The van der Waals surface area contributed by atoms with E-state index in [1.54, 1.807) is 0 Å². The summed E-state index contributed by atoms with van der Waals surface area (Å²) in [6.45, 7) is 12.2. The van der Waals surface area contributed by atoms with Crippen molar-refractivity contribution in [3.05, 3.63) is 0 Å². The predicted molar refractivity (Wildman–Crippen MR) is 98.0 cm³/mol. The van der Waals surface area contributed by atoms with Gasteiger partial charge in [0.1, 0.15) is 11.7 Å². The van der Waals surface area contributed by atoms with Gasteiger partial charge in [0.05, 0.1) is 0 Å². The number of ketones is 1. The van der Waals surface area contributed by atoms with Crippen LogP contribution in [0.1, 0.15) is 86.5 Å². The minimum atomic E-state index is -0.845. The van der Waals surface area contributed by atoms with Gasteiger partial charge in [-0.1, -0.05) is 34.1 Å². The average molecular weight is 353 g/mol. The lowest BCUT2D eigenvalue weighted by atomic mass is 9.47. The Morgan fingerprint density at radius 1 is 1.32 bits per heavy atom. The molecular weight excluding hydrogens is 316 g/mol. The minimum absolute atomic E-state index is 0.00210. The zero-order chi connectivity index (χ0) is 19.0. The highest BCUT2D eigenvalue weighted by Crippen LogP contribution is 2.60. The molecule has 2 aliphatic carbocycles. The van der Waals surface area contributed by atoms with E-state index in [2.05, 4.69) is 20.8 Å². The van der Waals surface area contributed by atoms with Crippen molar-refractivity contribution < 1.29 is 19.4 Å². The lowest BCUT2D eigenvalue weighted by Crippen LogP contribution is -2.56. The van der Waals surface area contributed by atoms with Crippen LogP contribution in [0.15, 0.2) is 0 Å². The Kier molecular flexibility index (Phi) is 5.73. The number of aliphatic hydroxyl groups is 1. The molecule has 4 nitrogen and oxygen atoms in total. The summed E-state index contributed by atoms with van der Waals surface area (Å²) in [5.41, 5.74) is -0.454. The molecule has 144 valence electrons. The number of Topliss-reactive ketones (excluding diaryl/α,β-unsaturated/α-hetero) is 1. The van der Waals surface area contributed by atoms with Gasteiger partial charge in [0, 0.05) is 12.8 Å². The number of hydrogen-bond donors (Lipinski definition) is 1. The maximum atomic E-state index is 12.9. The van der Waals surface area contributed by atoms with E-state index in [4.69, 9.17) is 4.74 Å². The second kappa shape index (κ2) is 7.02. The summed E-state index contributed by atoms with van der Waals surface area (Å²) in [6, 6.07) is 0. The fourth-order valence-corrected chi connectivity index (χ4v) is 5.64. The third-order valence-electron chi connectivity index (χ3n) is 7.30. The number of ether oxygens (including phenoxy) is 1. The van der Waals surface area contributed by atoms with Gasteiger partial charge in [0.25, 0.3) is 0 Å². The molecule has 2 fully saturated rings. The van der Waals surface area contributed by atoms with Gasteiger partial charge in [-0.05, 0) is 62.2 Å². The molecule has 0 aromatic carbocycles. The molecule has 0 unspecified atom stereocenters. The lowest BCUT2D eigenvalue weighted by molar-refractivity contribution is -0.163. The van der Waals surface area contributed by atoms with Crippen molar-refractivity contribution in [3.8, 4) is 0 Å². The summed E-state index contributed by atoms with van der Waals surface area (Å²) in [7, 11) is 0. The van der Waals surface area contributed by atoms with Gasteiger partial charge in [-0.3, -0.25) is 9.59 Å². The van der Waals surface area contributed by atoms with Crippen molar-refractivity contribution >= 4 is 11.8 Å². The van der Waals surface area contributed by atoms with Crippen LogP contribution in [0, 0.1) is 22.7 Å².